The van der Waals surface area contributed by atoms with Crippen LogP contribution in [-0.4, -0.2) is 23.5 Å². The van der Waals surface area contributed by atoms with Crippen LogP contribution in [0, 0.1) is 15.9 Å². The number of halogens is 1. The predicted molar refractivity (Wildman–Crippen MR) is 64.5 cm³/mol. The summed E-state index contributed by atoms with van der Waals surface area (Å²) in [6.45, 7) is 0.726. The van der Waals surface area contributed by atoms with Crippen molar-refractivity contribution in [1.29, 1.82) is 0 Å². The second-order valence-corrected chi connectivity index (χ2v) is 4.18. The van der Waals surface area contributed by atoms with E-state index in [9.17, 15) is 14.5 Å². The lowest BCUT2D eigenvalue weighted by molar-refractivity contribution is -0.387. The van der Waals surface area contributed by atoms with Gasteiger partial charge < -0.3 is 5.32 Å². The Kier molecular flexibility index (Phi) is 5.04. The molecule has 0 aliphatic rings. The number of nitrogens with one attached hydrogen (secondary N) is 1. The second kappa shape index (κ2) is 6.32. The molecule has 0 aliphatic heterocycles. The number of benzene rings is 1. The van der Waals surface area contributed by atoms with E-state index in [0.29, 0.717) is 5.69 Å². The fourth-order valence-corrected chi connectivity index (χ4v) is 1.64. The molecule has 1 aromatic rings. The maximum Gasteiger partial charge on any atom is 0.306 e. The van der Waals surface area contributed by atoms with Gasteiger partial charge in [-0.05, 0) is 30.6 Å². The Hall–Kier alpha value is -1.30. The Labute approximate surface area is 97.4 Å². The summed E-state index contributed by atoms with van der Waals surface area (Å²) in [5, 5.41) is 13.5. The highest BCUT2D eigenvalue weighted by Gasteiger charge is 2.13. The first-order valence-electron chi connectivity index (χ1n) is 4.82. The molecular weight excluding hydrogens is 231 g/mol. The molecular formula is C10H13FN2O2S. The van der Waals surface area contributed by atoms with Crippen LogP contribution in [0.4, 0.5) is 15.8 Å². The number of rotatable bonds is 6. The molecule has 1 N–H and O–H groups in total. The number of nitrogens with zero attached hydrogens (tertiary/aromatic N) is 1. The SMILES string of the molecule is CSCCCNc1ccc(F)c([N+](=O)[O-])c1. The molecule has 0 aromatic heterocycles. The van der Waals surface area contributed by atoms with E-state index in [0.717, 1.165) is 24.8 Å². The van der Waals surface area contributed by atoms with Crippen LogP contribution in [-0.2, 0) is 0 Å². The van der Waals surface area contributed by atoms with Gasteiger partial charge in [0, 0.05) is 18.3 Å². The van der Waals surface area contributed by atoms with Crippen molar-refractivity contribution in [2.45, 2.75) is 6.42 Å². The summed E-state index contributed by atoms with van der Waals surface area (Å²) >= 11 is 1.74. The Morgan fingerprint density at radius 2 is 2.31 bits per heavy atom. The van der Waals surface area contributed by atoms with Crippen LogP contribution in [0.15, 0.2) is 18.2 Å². The van der Waals surface area contributed by atoms with E-state index in [1.165, 1.54) is 12.1 Å². The van der Waals surface area contributed by atoms with Crippen molar-refractivity contribution in [3.05, 3.63) is 34.1 Å². The van der Waals surface area contributed by atoms with Crippen molar-refractivity contribution in [3.8, 4) is 0 Å². The van der Waals surface area contributed by atoms with Crippen LogP contribution in [0.2, 0.25) is 0 Å². The van der Waals surface area contributed by atoms with Gasteiger partial charge in [-0.3, -0.25) is 10.1 Å². The average molecular weight is 244 g/mol. The standard InChI is InChI=1S/C10H13FN2O2S/c1-16-6-2-5-12-8-3-4-9(11)10(7-8)13(14)15/h3-4,7,12H,2,5-6H2,1H3. The summed E-state index contributed by atoms with van der Waals surface area (Å²) in [7, 11) is 0. The number of anilines is 1. The first-order valence-corrected chi connectivity index (χ1v) is 6.21. The zero-order valence-corrected chi connectivity index (χ0v) is 9.72. The Balaban J connectivity index is 2.61. The topological polar surface area (TPSA) is 55.2 Å². The van der Waals surface area contributed by atoms with Gasteiger partial charge in [-0.15, -0.1) is 0 Å². The van der Waals surface area contributed by atoms with Gasteiger partial charge in [0.2, 0.25) is 5.82 Å². The zero-order valence-electron chi connectivity index (χ0n) is 8.90. The Morgan fingerprint density at radius 3 is 2.94 bits per heavy atom. The predicted octanol–water partition coefficient (Wildman–Crippen LogP) is 2.90. The van der Waals surface area contributed by atoms with Gasteiger partial charge in [0.15, 0.2) is 0 Å². The summed E-state index contributed by atoms with van der Waals surface area (Å²) in [6, 6.07) is 3.82. The molecule has 0 radical (unpaired) electrons. The summed E-state index contributed by atoms with van der Waals surface area (Å²) in [4.78, 5) is 9.76. The third-order valence-corrected chi connectivity index (χ3v) is 2.69. The molecule has 0 bridgehead atoms. The molecule has 4 nitrogen and oxygen atoms in total. The molecule has 0 fully saturated rings. The molecule has 88 valence electrons. The van der Waals surface area contributed by atoms with Crippen LogP contribution in [0.3, 0.4) is 0 Å². The first kappa shape index (κ1) is 12.8. The van der Waals surface area contributed by atoms with Gasteiger partial charge in [0.05, 0.1) is 4.92 Å². The lowest BCUT2D eigenvalue weighted by Crippen LogP contribution is -2.03. The molecule has 0 aliphatic carbocycles. The van der Waals surface area contributed by atoms with Gasteiger partial charge in [-0.1, -0.05) is 0 Å². The summed E-state index contributed by atoms with van der Waals surface area (Å²) in [5.41, 5.74) is 0.0871. The molecule has 0 saturated heterocycles. The summed E-state index contributed by atoms with van der Waals surface area (Å²) in [5.74, 6) is 0.218. The minimum atomic E-state index is -0.806. The molecule has 6 heteroatoms. The lowest BCUT2D eigenvalue weighted by atomic mass is 10.2. The van der Waals surface area contributed by atoms with Gasteiger partial charge in [0.25, 0.3) is 0 Å². The molecule has 0 heterocycles. The van der Waals surface area contributed by atoms with E-state index in [2.05, 4.69) is 5.32 Å². The molecule has 0 saturated carbocycles. The second-order valence-electron chi connectivity index (χ2n) is 3.20. The van der Waals surface area contributed by atoms with Crippen LogP contribution in [0.25, 0.3) is 0 Å². The summed E-state index contributed by atoms with van der Waals surface area (Å²) < 4.78 is 13.0. The molecule has 0 spiro atoms. The van der Waals surface area contributed by atoms with E-state index in [1.807, 2.05) is 6.26 Å². The monoisotopic (exact) mass is 244 g/mol. The highest BCUT2D eigenvalue weighted by molar-refractivity contribution is 7.98. The molecule has 1 rings (SSSR count). The normalized spacial score (nSPS) is 10.1. The third-order valence-electron chi connectivity index (χ3n) is 2.00. The van der Waals surface area contributed by atoms with Gasteiger partial charge in [-0.2, -0.15) is 16.2 Å². The summed E-state index contributed by atoms with van der Waals surface area (Å²) in [6.07, 6.45) is 2.98. The zero-order chi connectivity index (χ0) is 12.0. The minimum Gasteiger partial charge on any atom is -0.385 e. The molecule has 16 heavy (non-hydrogen) atoms. The molecule has 0 unspecified atom stereocenters. The number of nitro groups is 1. The quantitative estimate of drug-likeness (QED) is 0.475. The van der Waals surface area contributed by atoms with Gasteiger partial charge >= 0.3 is 5.69 Å². The highest BCUT2D eigenvalue weighted by atomic mass is 32.2. The van der Waals surface area contributed by atoms with E-state index < -0.39 is 16.4 Å². The van der Waals surface area contributed by atoms with Gasteiger partial charge in [-0.25, -0.2) is 0 Å². The van der Waals surface area contributed by atoms with Crippen molar-refractivity contribution in [1.82, 2.24) is 0 Å². The van der Waals surface area contributed by atoms with Crippen molar-refractivity contribution in [3.63, 3.8) is 0 Å². The molecule has 0 amide bonds. The molecule has 1 aromatic carbocycles. The van der Waals surface area contributed by atoms with Crippen molar-refractivity contribution >= 4 is 23.1 Å². The smallest absolute Gasteiger partial charge is 0.306 e. The maximum absolute atomic E-state index is 13.0. The number of thioether (sulfide) groups is 1. The fraction of sp³-hybridized carbons (Fsp3) is 0.400. The molecule has 0 atom stereocenters. The largest absolute Gasteiger partial charge is 0.385 e. The van der Waals surface area contributed by atoms with Crippen LogP contribution in [0.1, 0.15) is 6.42 Å². The number of nitro benzene ring substituents is 1. The number of hydrogen-bond donors (Lipinski definition) is 1. The lowest BCUT2D eigenvalue weighted by Gasteiger charge is -2.05. The Bertz CT molecular complexity index is 374. The maximum atomic E-state index is 13.0. The van der Waals surface area contributed by atoms with Crippen LogP contribution in [0.5, 0.6) is 0 Å². The van der Waals surface area contributed by atoms with Crippen molar-refractivity contribution in [2.24, 2.45) is 0 Å². The van der Waals surface area contributed by atoms with E-state index >= 15 is 0 Å². The van der Waals surface area contributed by atoms with Crippen molar-refractivity contribution < 1.29 is 9.31 Å². The fourth-order valence-electron chi connectivity index (χ4n) is 1.21. The minimum absolute atomic E-state index is 0.491. The first-order chi connectivity index (χ1) is 7.65. The van der Waals surface area contributed by atoms with Gasteiger partial charge in [0.1, 0.15) is 0 Å². The Morgan fingerprint density at radius 1 is 1.56 bits per heavy atom. The van der Waals surface area contributed by atoms with Crippen molar-refractivity contribution in [2.75, 3.05) is 23.9 Å². The number of hydrogen-bond acceptors (Lipinski definition) is 4. The highest BCUT2D eigenvalue weighted by Crippen LogP contribution is 2.21. The van der Waals surface area contributed by atoms with Crippen LogP contribution < -0.4 is 5.32 Å². The average Bonchev–Trinajstić information content (AvgIpc) is 2.26. The van der Waals surface area contributed by atoms with E-state index in [4.69, 9.17) is 0 Å². The van der Waals surface area contributed by atoms with Crippen LogP contribution >= 0.6 is 11.8 Å². The third kappa shape index (κ3) is 3.69. The van der Waals surface area contributed by atoms with E-state index in [-0.39, 0.29) is 0 Å². The van der Waals surface area contributed by atoms with E-state index in [1.54, 1.807) is 11.8 Å².